The van der Waals surface area contributed by atoms with Crippen LogP contribution >= 0.6 is 11.8 Å². The highest BCUT2D eigenvalue weighted by molar-refractivity contribution is 8.02. The van der Waals surface area contributed by atoms with Crippen LogP contribution in [0.1, 0.15) is 102 Å². The second-order valence-corrected chi connectivity index (χ2v) is 11.3. The smallest absolute Gasteiger partial charge is 0.224 e. The standard InChI is InChI=1S/C33H48N2O2S/c1-3-4-5-6-7-8-9-10-11-12-13-14-23-37-33-17-15-16-31(25-33)27-35(29(2)36)32-20-18-30(19-21-32)26-34-22-24-38-28-34/h15-22,24-25H,3-14,23,26-28H2,1-2H3. The number of thioether (sulfide) groups is 1. The Hall–Kier alpha value is -2.40. The Morgan fingerprint density at radius 1 is 0.868 bits per heavy atom. The average molecular weight is 537 g/mol. The van der Waals surface area contributed by atoms with Gasteiger partial charge in [-0.3, -0.25) is 4.79 Å². The van der Waals surface area contributed by atoms with Gasteiger partial charge in [-0.2, -0.15) is 0 Å². The molecule has 2 aromatic carbocycles. The van der Waals surface area contributed by atoms with E-state index < -0.39 is 0 Å². The van der Waals surface area contributed by atoms with E-state index in [2.05, 4.69) is 59.8 Å². The highest BCUT2D eigenvalue weighted by atomic mass is 32.2. The van der Waals surface area contributed by atoms with Gasteiger partial charge in [0.1, 0.15) is 5.75 Å². The van der Waals surface area contributed by atoms with Crippen molar-refractivity contribution in [2.24, 2.45) is 0 Å². The number of rotatable bonds is 19. The van der Waals surface area contributed by atoms with Crippen LogP contribution in [-0.2, 0) is 17.9 Å². The third-order valence-electron chi connectivity index (χ3n) is 7.13. The maximum absolute atomic E-state index is 12.5. The fourth-order valence-electron chi connectivity index (χ4n) is 4.86. The Morgan fingerprint density at radius 2 is 1.53 bits per heavy atom. The van der Waals surface area contributed by atoms with Crippen LogP contribution < -0.4 is 9.64 Å². The van der Waals surface area contributed by atoms with Gasteiger partial charge in [0.2, 0.25) is 5.91 Å². The van der Waals surface area contributed by atoms with Gasteiger partial charge in [0.05, 0.1) is 19.0 Å². The van der Waals surface area contributed by atoms with Gasteiger partial charge in [-0.25, -0.2) is 0 Å². The van der Waals surface area contributed by atoms with Crippen molar-refractivity contribution in [2.45, 2.75) is 104 Å². The molecule has 1 aliphatic rings. The molecule has 0 atom stereocenters. The molecule has 0 spiro atoms. The summed E-state index contributed by atoms with van der Waals surface area (Å²) >= 11 is 1.81. The molecule has 1 amide bonds. The lowest BCUT2D eigenvalue weighted by Crippen LogP contribution is -2.27. The van der Waals surface area contributed by atoms with E-state index in [1.807, 2.05) is 28.8 Å². The number of hydrogen-bond acceptors (Lipinski definition) is 4. The lowest BCUT2D eigenvalue weighted by molar-refractivity contribution is -0.116. The summed E-state index contributed by atoms with van der Waals surface area (Å²) in [6.45, 7) is 6.09. The molecule has 0 aliphatic carbocycles. The molecule has 0 saturated heterocycles. The predicted octanol–water partition coefficient (Wildman–Crippen LogP) is 9.30. The molecular weight excluding hydrogens is 488 g/mol. The number of carbonyl (C=O) groups is 1. The molecule has 0 radical (unpaired) electrons. The number of benzene rings is 2. The summed E-state index contributed by atoms with van der Waals surface area (Å²) in [6.07, 6.45) is 18.3. The number of ether oxygens (including phenoxy) is 1. The van der Waals surface area contributed by atoms with Gasteiger partial charge in [0.25, 0.3) is 0 Å². The molecule has 0 bridgehead atoms. The highest BCUT2D eigenvalue weighted by Gasteiger charge is 2.13. The van der Waals surface area contributed by atoms with Crippen molar-refractivity contribution >= 4 is 23.4 Å². The van der Waals surface area contributed by atoms with Gasteiger partial charge < -0.3 is 14.5 Å². The zero-order valence-corrected chi connectivity index (χ0v) is 24.5. The molecule has 0 aromatic heterocycles. The summed E-state index contributed by atoms with van der Waals surface area (Å²) in [5.74, 6) is 1.93. The minimum atomic E-state index is 0.0411. The number of amides is 1. The molecule has 0 saturated carbocycles. The van der Waals surface area contributed by atoms with Gasteiger partial charge in [0.15, 0.2) is 0 Å². The molecule has 0 fully saturated rings. The van der Waals surface area contributed by atoms with E-state index in [1.165, 1.54) is 76.2 Å². The molecule has 208 valence electrons. The molecular formula is C33H48N2O2S. The first-order valence-electron chi connectivity index (χ1n) is 14.8. The van der Waals surface area contributed by atoms with Crippen LogP contribution in [0.15, 0.2) is 60.1 Å². The normalized spacial score (nSPS) is 12.7. The Labute approximate surface area is 235 Å². The lowest BCUT2D eigenvalue weighted by atomic mass is 10.1. The fraction of sp³-hybridized carbons (Fsp3) is 0.545. The minimum Gasteiger partial charge on any atom is -0.494 e. The Bertz CT molecular complexity index is 960. The first kappa shape index (κ1) is 30.1. The molecule has 0 N–H and O–H groups in total. The second-order valence-electron chi connectivity index (χ2n) is 10.5. The van der Waals surface area contributed by atoms with Crippen LogP contribution in [0, 0.1) is 0 Å². The monoisotopic (exact) mass is 536 g/mol. The first-order valence-corrected chi connectivity index (χ1v) is 15.8. The van der Waals surface area contributed by atoms with Gasteiger partial charge in [-0.05, 0) is 47.2 Å². The van der Waals surface area contributed by atoms with Crippen LogP contribution in [-0.4, -0.2) is 23.3 Å². The number of hydrogen-bond donors (Lipinski definition) is 0. The lowest BCUT2D eigenvalue weighted by Gasteiger charge is -2.22. The van der Waals surface area contributed by atoms with Crippen LogP contribution in [0.5, 0.6) is 5.75 Å². The molecule has 1 heterocycles. The maximum Gasteiger partial charge on any atom is 0.224 e. The van der Waals surface area contributed by atoms with E-state index in [1.54, 1.807) is 6.92 Å². The van der Waals surface area contributed by atoms with Crippen molar-refractivity contribution in [3.05, 3.63) is 71.3 Å². The predicted molar refractivity (Wildman–Crippen MR) is 163 cm³/mol. The van der Waals surface area contributed by atoms with E-state index in [0.717, 1.165) is 42.4 Å². The number of anilines is 1. The number of unbranched alkanes of at least 4 members (excludes halogenated alkanes) is 11. The third kappa shape index (κ3) is 11.6. The van der Waals surface area contributed by atoms with E-state index >= 15 is 0 Å². The molecule has 0 unspecified atom stereocenters. The maximum atomic E-state index is 12.5. The molecule has 5 heteroatoms. The van der Waals surface area contributed by atoms with Crippen molar-refractivity contribution < 1.29 is 9.53 Å². The minimum absolute atomic E-state index is 0.0411. The quantitative estimate of drug-likeness (QED) is 0.167. The molecule has 2 aromatic rings. The third-order valence-corrected chi connectivity index (χ3v) is 7.92. The SMILES string of the molecule is CCCCCCCCCCCCCCOc1cccc(CN(C(C)=O)c2ccc(CN3C=CSC3)cc2)c1. The van der Waals surface area contributed by atoms with Gasteiger partial charge in [0, 0.05) is 25.4 Å². The highest BCUT2D eigenvalue weighted by Crippen LogP contribution is 2.23. The topological polar surface area (TPSA) is 32.8 Å². The molecule has 4 nitrogen and oxygen atoms in total. The second kappa shape index (κ2) is 18.0. The fourth-order valence-corrected chi connectivity index (χ4v) is 5.57. The number of carbonyl (C=O) groups excluding carboxylic acids is 1. The molecule has 3 rings (SSSR count). The number of nitrogens with zero attached hydrogens (tertiary/aromatic N) is 2. The summed E-state index contributed by atoms with van der Waals surface area (Å²) in [7, 11) is 0. The van der Waals surface area contributed by atoms with Crippen LogP contribution in [0.25, 0.3) is 0 Å². The Morgan fingerprint density at radius 3 is 2.13 bits per heavy atom. The summed E-state index contributed by atoms with van der Waals surface area (Å²) in [5.41, 5.74) is 3.25. The van der Waals surface area contributed by atoms with E-state index in [0.29, 0.717) is 6.54 Å². The van der Waals surface area contributed by atoms with Crippen LogP contribution in [0.2, 0.25) is 0 Å². The van der Waals surface area contributed by atoms with Gasteiger partial charge in [-0.1, -0.05) is 102 Å². The van der Waals surface area contributed by atoms with Crippen molar-refractivity contribution in [1.82, 2.24) is 4.90 Å². The van der Waals surface area contributed by atoms with Gasteiger partial charge in [-0.15, -0.1) is 11.8 Å². The molecule has 1 aliphatic heterocycles. The van der Waals surface area contributed by atoms with Crippen molar-refractivity contribution in [2.75, 3.05) is 17.4 Å². The summed E-state index contributed by atoms with van der Waals surface area (Å²) < 4.78 is 6.05. The first-order chi connectivity index (χ1) is 18.7. The Kier molecular flexibility index (Phi) is 14.3. The van der Waals surface area contributed by atoms with Gasteiger partial charge >= 0.3 is 0 Å². The zero-order chi connectivity index (χ0) is 26.8. The molecule has 38 heavy (non-hydrogen) atoms. The Balaban J connectivity index is 1.34. The van der Waals surface area contributed by atoms with E-state index in [-0.39, 0.29) is 5.91 Å². The van der Waals surface area contributed by atoms with Crippen LogP contribution in [0.4, 0.5) is 5.69 Å². The van der Waals surface area contributed by atoms with E-state index in [4.69, 9.17) is 4.74 Å². The average Bonchev–Trinajstić information content (AvgIpc) is 3.44. The van der Waals surface area contributed by atoms with Crippen molar-refractivity contribution in [1.29, 1.82) is 0 Å². The largest absolute Gasteiger partial charge is 0.494 e. The summed E-state index contributed by atoms with van der Waals surface area (Å²) in [5, 5.41) is 2.13. The zero-order valence-electron chi connectivity index (χ0n) is 23.7. The summed E-state index contributed by atoms with van der Waals surface area (Å²) in [6, 6.07) is 16.5. The van der Waals surface area contributed by atoms with Crippen molar-refractivity contribution in [3.8, 4) is 5.75 Å². The van der Waals surface area contributed by atoms with Crippen molar-refractivity contribution in [3.63, 3.8) is 0 Å². The summed E-state index contributed by atoms with van der Waals surface area (Å²) in [4.78, 5) is 16.6. The van der Waals surface area contributed by atoms with Crippen LogP contribution in [0.3, 0.4) is 0 Å². The van der Waals surface area contributed by atoms with E-state index in [9.17, 15) is 4.79 Å².